The second-order valence-corrected chi connectivity index (χ2v) is 7.03. The number of carbonyl (C=O) groups excluding carboxylic acids is 1. The van der Waals surface area contributed by atoms with E-state index in [-0.39, 0.29) is 29.9 Å². The Labute approximate surface area is 190 Å². The number of ether oxygens (including phenoxy) is 2. The molecule has 2 aliphatic heterocycles. The molecule has 0 atom stereocenters. The molecule has 0 unspecified atom stereocenters. The maximum atomic E-state index is 12.4. The van der Waals surface area contributed by atoms with Gasteiger partial charge in [-0.2, -0.15) is 0 Å². The molecule has 1 aromatic rings. The molecular formula is C20H33IN4O4. The van der Waals surface area contributed by atoms with Gasteiger partial charge >= 0.3 is 0 Å². The summed E-state index contributed by atoms with van der Waals surface area (Å²) in [6.07, 6.45) is 4.76. The molecule has 0 aliphatic carbocycles. The molecule has 29 heavy (non-hydrogen) atoms. The van der Waals surface area contributed by atoms with E-state index in [9.17, 15) is 4.79 Å². The van der Waals surface area contributed by atoms with Crippen molar-refractivity contribution in [3.05, 3.63) is 24.2 Å². The molecule has 0 bridgehead atoms. The SMILES string of the molecule is CCNC(=NCCCOC1CCOCC1)N1CCN(C(=O)c2ccco2)CC1.I. The molecule has 0 aromatic carbocycles. The number of hydrogen-bond donors (Lipinski definition) is 1. The number of furan rings is 1. The average Bonchev–Trinajstić information content (AvgIpc) is 3.28. The van der Waals surface area contributed by atoms with Gasteiger partial charge in [0.2, 0.25) is 0 Å². The molecule has 0 radical (unpaired) electrons. The lowest BCUT2D eigenvalue weighted by molar-refractivity contribution is -0.0318. The van der Waals surface area contributed by atoms with Crippen LogP contribution in [-0.4, -0.2) is 86.9 Å². The zero-order valence-electron chi connectivity index (χ0n) is 17.2. The van der Waals surface area contributed by atoms with Crippen LogP contribution in [0.3, 0.4) is 0 Å². The number of piperazine rings is 1. The van der Waals surface area contributed by atoms with E-state index < -0.39 is 0 Å². The van der Waals surface area contributed by atoms with Gasteiger partial charge < -0.3 is 29.0 Å². The first kappa shape index (κ1) is 23.9. The first-order valence-electron chi connectivity index (χ1n) is 10.3. The van der Waals surface area contributed by atoms with Gasteiger partial charge in [0.1, 0.15) is 0 Å². The van der Waals surface area contributed by atoms with Gasteiger partial charge in [0.15, 0.2) is 11.7 Å². The van der Waals surface area contributed by atoms with Gasteiger partial charge in [0.25, 0.3) is 5.91 Å². The Morgan fingerprint density at radius 2 is 1.97 bits per heavy atom. The molecule has 1 aromatic heterocycles. The maximum absolute atomic E-state index is 12.4. The van der Waals surface area contributed by atoms with E-state index in [0.717, 1.165) is 71.2 Å². The first-order chi connectivity index (χ1) is 13.8. The number of rotatable bonds is 7. The molecule has 2 fully saturated rings. The molecule has 0 saturated carbocycles. The number of carbonyl (C=O) groups is 1. The second-order valence-electron chi connectivity index (χ2n) is 7.03. The summed E-state index contributed by atoms with van der Waals surface area (Å²) >= 11 is 0. The van der Waals surface area contributed by atoms with Gasteiger partial charge in [0, 0.05) is 59.1 Å². The Bertz CT molecular complexity index is 612. The Kier molecular flexibility index (Phi) is 10.8. The predicted octanol–water partition coefficient (Wildman–Crippen LogP) is 2.21. The van der Waals surface area contributed by atoms with Crippen LogP contribution in [0.4, 0.5) is 0 Å². The van der Waals surface area contributed by atoms with E-state index in [1.54, 1.807) is 12.1 Å². The van der Waals surface area contributed by atoms with Crippen LogP contribution in [0, 0.1) is 0 Å². The largest absolute Gasteiger partial charge is 0.459 e. The minimum absolute atomic E-state index is 0. The van der Waals surface area contributed by atoms with Crippen molar-refractivity contribution in [1.82, 2.24) is 15.1 Å². The third-order valence-electron chi connectivity index (χ3n) is 5.02. The molecule has 8 nitrogen and oxygen atoms in total. The molecule has 9 heteroatoms. The van der Waals surface area contributed by atoms with E-state index in [2.05, 4.69) is 17.1 Å². The van der Waals surface area contributed by atoms with Crippen molar-refractivity contribution in [2.45, 2.75) is 32.3 Å². The summed E-state index contributed by atoms with van der Waals surface area (Å²) in [7, 11) is 0. The van der Waals surface area contributed by atoms with Crippen molar-refractivity contribution in [2.24, 2.45) is 4.99 Å². The van der Waals surface area contributed by atoms with Gasteiger partial charge in [0.05, 0.1) is 12.4 Å². The fourth-order valence-electron chi connectivity index (χ4n) is 3.45. The average molecular weight is 520 g/mol. The van der Waals surface area contributed by atoms with Crippen LogP contribution in [0.5, 0.6) is 0 Å². The minimum atomic E-state index is -0.0446. The van der Waals surface area contributed by atoms with Crippen LogP contribution in [0.25, 0.3) is 0 Å². The second kappa shape index (κ2) is 13.1. The van der Waals surface area contributed by atoms with Crippen LogP contribution < -0.4 is 5.32 Å². The highest BCUT2D eigenvalue weighted by Crippen LogP contribution is 2.11. The molecule has 3 rings (SSSR count). The molecule has 1 N–H and O–H groups in total. The Morgan fingerprint density at radius 3 is 2.62 bits per heavy atom. The zero-order chi connectivity index (χ0) is 19.6. The van der Waals surface area contributed by atoms with Crippen molar-refractivity contribution >= 4 is 35.8 Å². The molecule has 1 amide bonds. The number of amides is 1. The van der Waals surface area contributed by atoms with Gasteiger partial charge in [-0.25, -0.2) is 0 Å². The number of guanidine groups is 1. The van der Waals surface area contributed by atoms with E-state index in [1.807, 2.05) is 4.90 Å². The first-order valence-corrected chi connectivity index (χ1v) is 10.3. The summed E-state index contributed by atoms with van der Waals surface area (Å²) in [6, 6.07) is 3.45. The summed E-state index contributed by atoms with van der Waals surface area (Å²) < 4.78 is 16.5. The van der Waals surface area contributed by atoms with E-state index in [0.29, 0.717) is 25.0 Å². The summed E-state index contributed by atoms with van der Waals surface area (Å²) in [5, 5.41) is 3.36. The number of hydrogen-bond acceptors (Lipinski definition) is 5. The highest BCUT2D eigenvalue weighted by atomic mass is 127. The van der Waals surface area contributed by atoms with Crippen LogP contribution in [0.2, 0.25) is 0 Å². The third kappa shape index (κ3) is 7.45. The van der Waals surface area contributed by atoms with E-state index in [1.165, 1.54) is 6.26 Å². The fraction of sp³-hybridized carbons (Fsp3) is 0.700. The van der Waals surface area contributed by atoms with Crippen LogP contribution in [-0.2, 0) is 9.47 Å². The Balaban J connectivity index is 0.00000300. The van der Waals surface area contributed by atoms with E-state index in [4.69, 9.17) is 18.9 Å². The van der Waals surface area contributed by atoms with Crippen molar-refractivity contribution < 1.29 is 18.7 Å². The highest BCUT2D eigenvalue weighted by Gasteiger charge is 2.25. The number of nitrogens with one attached hydrogen (secondary N) is 1. The lowest BCUT2D eigenvalue weighted by Gasteiger charge is -2.36. The normalized spacial score (nSPS) is 18.4. The van der Waals surface area contributed by atoms with Crippen molar-refractivity contribution in [3.8, 4) is 0 Å². The maximum Gasteiger partial charge on any atom is 0.289 e. The topological polar surface area (TPSA) is 79.5 Å². The van der Waals surface area contributed by atoms with Crippen molar-refractivity contribution in [2.75, 3.05) is 59.1 Å². The lowest BCUT2D eigenvalue weighted by Crippen LogP contribution is -2.53. The van der Waals surface area contributed by atoms with Crippen LogP contribution >= 0.6 is 24.0 Å². The molecule has 2 aliphatic rings. The van der Waals surface area contributed by atoms with Crippen LogP contribution in [0.15, 0.2) is 27.8 Å². The zero-order valence-corrected chi connectivity index (χ0v) is 19.5. The molecule has 3 heterocycles. The van der Waals surface area contributed by atoms with Gasteiger partial charge in [-0.05, 0) is 38.3 Å². The highest BCUT2D eigenvalue weighted by molar-refractivity contribution is 14.0. The quantitative estimate of drug-likeness (QED) is 0.257. The Hall–Kier alpha value is -1.33. The molecule has 2 saturated heterocycles. The molecular weight excluding hydrogens is 487 g/mol. The number of aliphatic imine (C=N–C) groups is 1. The van der Waals surface area contributed by atoms with Crippen LogP contribution in [0.1, 0.15) is 36.7 Å². The summed E-state index contributed by atoms with van der Waals surface area (Å²) in [6.45, 7) is 8.82. The summed E-state index contributed by atoms with van der Waals surface area (Å²) in [5.74, 6) is 1.27. The number of halogens is 1. The van der Waals surface area contributed by atoms with Gasteiger partial charge in [-0.1, -0.05) is 0 Å². The Morgan fingerprint density at radius 1 is 1.24 bits per heavy atom. The third-order valence-corrected chi connectivity index (χ3v) is 5.02. The molecule has 0 spiro atoms. The van der Waals surface area contributed by atoms with Gasteiger partial charge in [-0.3, -0.25) is 9.79 Å². The predicted molar refractivity (Wildman–Crippen MR) is 122 cm³/mol. The minimum Gasteiger partial charge on any atom is -0.459 e. The summed E-state index contributed by atoms with van der Waals surface area (Å²) in [4.78, 5) is 21.2. The van der Waals surface area contributed by atoms with E-state index >= 15 is 0 Å². The standard InChI is InChI=1S/C20H32N4O4.HI/c1-2-21-20(22-8-4-14-27-17-6-15-26-16-7-17)24-11-9-23(10-12-24)19(25)18-5-3-13-28-18;/h3,5,13,17H,2,4,6-12,14-16H2,1H3,(H,21,22);1H. The van der Waals surface area contributed by atoms with Crippen molar-refractivity contribution in [1.29, 1.82) is 0 Å². The monoisotopic (exact) mass is 520 g/mol. The lowest BCUT2D eigenvalue weighted by atomic mass is 10.1. The summed E-state index contributed by atoms with van der Waals surface area (Å²) in [5.41, 5.74) is 0. The fourth-order valence-corrected chi connectivity index (χ4v) is 3.45. The number of nitrogens with zero attached hydrogens (tertiary/aromatic N) is 3. The smallest absolute Gasteiger partial charge is 0.289 e. The molecule has 164 valence electrons. The van der Waals surface area contributed by atoms with Gasteiger partial charge in [-0.15, -0.1) is 24.0 Å². The van der Waals surface area contributed by atoms with Crippen molar-refractivity contribution in [3.63, 3.8) is 0 Å².